The van der Waals surface area contributed by atoms with Gasteiger partial charge in [0.2, 0.25) is 0 Å². The van der Waals surface area contributed by atoms with Crippen LogP contribution in [-0.2, 0) is 4.79 Å². The average molecular weight is 463 g/mol. The molecule has 0 aromatic heterocycles. The number of hydrazone groups is 1. The molecule has 0 aliphatic rings. The lowest BCUT2D eigenvalue weighted by molar-refractivity contribution is -0.120. The molecule has 0 bridgehead atoms. The molecule has 0 spiro atoms. The number of carbonyl (C=O) groups is 3. The Labute approximate surface area is 195 Å². The zero-order chi connectivity index (χ0) is 24.3. The molecule has 2 amide bonds. The highest BCUT2D eigenvalue weighted by atomic mass is 19.1. The topological polar surface area (TPSA) is 106 Å². The number of ether oxygens (including phenoxy) is 2. The number of nitrogens with zero attached hydrogens (tertiary/aromatic N) is 1. The minimum Gasteiger partial charge on any atom is -0.490 e. The number of rotatable bonds is 9. The molecule has 0 aliphatic carbocycles. The average Bonchev–Trinajstić information content (AvgIpc) is 2.85. The van der Waals surface area contributed by atoms with Crippen LogP contribution >= 0.6 is 0 Å². The first-order valence-electron chi connectivity index (χ1n) is 10.4. The Kier molecular flexibility index (Phi) is 8.45. The van der Waals surface area contributed by atoms with Gasteiger partial charge in [0, 0.05) is 5.56 Å². The molecule has 0 saturated heterocycles. The van der Waals surface area contributed by atoms with Crippen LogP contribution in [-0.4, -0.2) is 37.1 Å². The summed E-state index contributed by atoms with van der Waals surface area (Å²) in [5, 5.41) is 6.27. The third-order valence-electron chi connectivity index (χ3n) is 4.40. The van der Waals surface area contributed by atoms with E-state index >= 15 is 0 Å². The van der Waals surface area contributed by atoms with Gasteiger partial charge in [-0.25, -0.2) is 14.6 Å². The molecule has 8 nitrogen and oxygen atoms in total. The molecule has 9 heteroatoms. The monoisotopic (exact) mass is 463 g/mol. The number of nitrogens with one attached hydrogen (secondary N) is 2. The number of amides is 2. The van der Waals surface area contributed by atoms with Crippen molar-refractivity contribution in [1.82, 2.24) is 10.7 Å². The maximum Gasteiger partial charge on any atom is 0.343 e. The number of esters is 1. The first-order valence-corrected chi connectivity index (χ1v) is 10.4. The van der Waals surface area contributed by atoms with Gasteiger partial charge in [-0.2, -0.15) is 5.10 Å². The molecule has 0 radical (unpaired) electrons. The van der Waals surface area contributed by atoms with Crippen molar-refractivity contribution >= 4 is 24.0 Å². The third kappa shape index (κ3) is 6.99. The SMILES string of the molecule is CCOc1cc(C=NNC(=O)CNC(=O)c2ccc(F)cc2)ccc1OC(=O)c1ccccc1. The standard InChI is InChI=1S/C25H22FN3O5/c1-2-33-22-14-17(8-13-21(22)34-25(32)19-6-4-3-5-7-19)15-28-29-23(30)16-27-24(31)18-9-11-20(26)12-10-18/h3-15H,2,16H2,1H3,(H,27,31)(H,29,30). The van der Waals surface area contributed by atoms with Gasteiger partial charge in [-0.05, 0) is 67.1 Å². The van der Waals surface area contributed by atoms with Crippen LogP contribution < -0.4 is 20.2 Å². The van der Waals surface area contributed by atoms with Crippen LogP contribution in [0, 0.1) is 5.82 Å². The normalized spacial score (nSPS) is 10.5. The summed E-state index contributed by atoms with van der Waals surface area (Å²) in [7, 11) is 0. The molecule has 34 heavy (non-hydrogen) atoms. The highest BCUT2D eigenvalue weighted by Crippen LogP contribution is 2.29. The smallest absolute Gasteiger partial charge is 0.343 e. The molecule has 3 aromatic carbocycles. The highest BCUT2D eigenvalue weighted by Gasteiger charge is 2.13. The predicted octanol–water partition coefficient (Wildman–Crippen LogP) is 3.32. The van der Waals surface area contributed by atoms with Crippen molar-refractivity contribution in [3.8, 4) is 11.5 Å². The number of carbonyl (C=O) groups excluding carboxylic acids is 3. The van der Waals surface area contributed by atoms with Gasteiger partial charge in [0.25, 0.3) is 11.8 Å². The number of halogens is 1. The van der Waals surface area contributed by atoms with Gasteiger partial charge in [-0.15, -0.1) is 0 Å². The van der Waals surface area contributed by atoms with Crippen molar-refractivity contribution in [3.63, 3.8) is 0 Å². The van der Waals surface area contributed by atoms with E-state index in [1.165, 1.54) is 18.3 Å². The zero-order valence-corrected chi connectivity index (χ0v) is 18.3. The lowest BCUT2D eigenvalue weighted by atomic mass is 10.2. The first-order chi connectivity index (χ1) is 16.5. The molecule has 0 aliphatic heterocycles. The number of hydrogen-bond acceptors (Lipinski definition) is 6. The summed E-state index contributed by atoms with van der Waals surface area (Å²) in [4.78, 5) is 36.2. The van der Waals surface area contributed by atoms with E-state index in [-0.39, 0.29) is 17.9 Å². The fourth-order valence-electron chi connectivity index (χ4n) is 2.77. The maximum atomic E-state index is 12.9. The van der Waals surface area contributed by atoms with E-state index in [0.717, 1.165) is 12.1 Å². The van der Waals surface area contributed by atoms with E-state index in [1.54, 1.807) is 55.5 Å². The summed E-state index contributed by atoms with van der Waals surface area (Å²) >= 11 is 0. The van der Waals surface area contributed by atoms with Crippen LogP contribution in [0.4, 0.5) is 4.39 Å². The fraction of sp³-hybridized carbons (Fsp3) is 0.120. The van der Waals surface area contributed by atoms with Crippen LogP contribution in [0.5, 0.6) is 11.5 Å². The Balaban J connectivity index is 1.55. The van der Waals surface area contributed by atoms with Gasteiger partial charge in [0.1, 0.15) is 5.82 Å². The molecule has 3 aromatic rings. The lowest BCUT2D eigenvalue weighted by Gasteiger charge is -2.11. The molecular weight excluding hydrogens is 441 g/mol. The molecule has 0 heterocycles. The minimum atomic E-state index is -0.551. The summed E-state index contributed by atoms with van der Waals surface area (Å²) in [6.45, 7) is 1.83. The Hall–Kier alpha value is -4.53. The molecule has 3 rings (SSSR count). The van der Waals surface area contributed by atoms with Crippen LogP contribution in [0.3, 0.4) is 0 Å². The molecule has 0 fully saturated rings. The highest BCUT2D eigenvalue weighted by molar-refractivity contribution is 5.96. The summed E-state index contributed by atoms with van der Waals surface area (Å²) in [6, 6.07) is 18.3. The van der Waals surface area contributed by atoms with Crippen molar-refractivity contribution in [2.24, 2.45) is 5.10 Å². The van der Waals surface area contributed by atoms with E-state index in [9.17, 15) is 18.8 Å². The summed E-state index contributed by atoms with van der Waals surface area (Å²) < 4.78 is 23.9. The first kappa shape index (κ1) is 24.1. The molecule has 0 atom stereocenters. The lowest BCUT2D eigenvalue weighted by Crippen LogP contribution is -2.34. The van der Waals surface area contributed by atoms with Gasteiger partial charge in [-0.1, -0.05) is 18.2 Å². The Morgan fingerprint density at radius 1 is 0.941 bits per heavy atom. The van der Waals surface area contributed by atoms with Crippen molar-refractivity contribution in [1.29, 1.82) is 0 Å². The molecule has 0 unspecified atom stereocenters. The van der Waals surface area contributed by atoms with Gasteiger partial charge in [-0.3, -0.25) is 9.59 Å². The summed E-state index contributed by atoms with van der Waals surface area (Å²) in [5.74, 6) is -1.45. The van der Waals surface area contributed by atoms with E-state index in [4.69, 9.17) is 9.47 Å². The van der Waals surface area contributed by atoms with Crippen LogP contribution in [0.2, 0.25) is 0 Å². The van der Waals surface area contributed by atoms with Gasteiger partial charge in [0.15, 0.2) is 11.5 Å². The van der Waals surface area contributed by atoms with E-state index in [1.807, 2.05) is 0 Å². The molecule has 0 saturated carbocycles. The van der Waals surface area contributed by atoms with E-state index in [2.05, 4.69) is 15.8 Å². The van der Waals surface area contributed by atoms with Crippen molar-refractivity contribution < 1.29 is 28.2 Å². The van der Waals surface area contributed by atoms with Crippen molar-refractivity contribution in [3.05, 3.63) is 95.3 Å². The van der Waals surface area contributed by atoms with Crippen molar-refractivity contribution in [2.75, 3.05) is 13.2 Å². The van der Waals surface area contributed by atoms with E-state index < -0.39 is 23.6 Å². The Bertz CT molecular complexity index is 1180. The zero-order valence-electron chi connectivity index (χ0n) is 18.3. The fourth-order valence-corrected chi connectivity index (χ4v) is 2.77. The van der Waals surface area contributed by atoms with Gasteiger partial charge < -0.3 is 14.8 Å². The van der Waals surface area contributed by atoms with Crippen LogP contribution in [0.1, 0.15) is 33.2 Å². The largest absolute Gasteiger partial charge is 0.490 e. The third-order valence-corrected chi connectivity index (χ3v) is 4.40. The van der Waals surface area contributed by atoms with Gasteiger partial charge >= 0.3 is 5.97 Å². The second-order valence-electron chi connectivity index (χ2n) is 6.88. The molecular formula is C25H22FN3O5. The van der Waals surface area contributed by atoms with Crippen molar-refractivity contribution in [2.45, 2.75) is 6.92 Å². The molecule has 2 N–H and O–H groups in total. The quantitative estimate of drug-likeness (QED) is 0.219. The molecule has 174 valence electrons. The number of benzene rings is 3. The van der Waals surface area contributed by atoms with Crippen LogP contribution in [0.25, 0.3) is 0 Å². The van der Waals surface area contributed by atoms with E-state index in [0.29, 0.717) is 23.5 Å². The maximum absolute atomic E-state index is 12.9. The predicted molar refractivity (Wildman–Crippen MR) is 123 cm³/mol. The number of hydrogen-bond donors (Lipinski definition) is 2. The summed E-state index contributed by atoms with van der Waals surface area (Å²) in [6.07, 6.45) is 1.38. The Morgan fingerprint density at radius 3 is 2.38 bits per heavy atom. The Morgan fingerprint density at radius 2 is 1.68 bits per heavy atom. The van der Waals surface area contributed by atoms with Gasteiger partial charge in [0.05, 0.1) is 24.9 Å². The minimum absolute atomic E-state index is 0.231. The second-order valence-corrected chi connectivity index (χ2v) is 6.88. The van der Waals surface area contributed by atoms with Crippen LogP contribution in [0.15, 0.2) is 77.9 Å². The second kappa shape index (κ2) is 11.9. The summed E-state index contributed by atoms with van der Waals surface area (Å²) in [5.41, 5.74) is 3.52.